The first-order chi connectivity index (χ1) is 9.39. The van der Waals surface area contributed by atoms with E-state index in [1.54, 1.807) is 0 Å². The molecule has 1 fully saturated rings. The van der Waals surface area contributed by atoms with Crippen LogP contribution in [-0.4, -0.2) is 16.0 Å². The minimum atomic E-state index is -0.487. The van der Waals surface area contributed by atoms with Gasteiger partial charge in [0.25, 0.3) is 5.69 Å². The maximum atomic E-state index is 10.9. The molecule has 1 aromatic rings. The highest BCUT2D eigenvalue weighted by Crippen LogP contribution is 2.36. The normalized spacial score (nSPS) is 18.6. The summed E-state index contributed by atoms with van der Waals surface area (Å²) in [6, 6.07) is 2.61. The van der Waals surface area contributed by atoms with E-state index in [1.165, 1.54) is 12.1 Å². The SMILES string of the molecule is CC1(C)CCC(Oc2cc([N+](=O)[O-])cc(NN)n2)CC1. The number of hydrogen-bond acceptors (Lipinski definition) is 6. The minimum Gasteiger partial charge on any atom is -0.474 e. The zero-order valence-electron chi connectivity index (χ0n) is 11.8. The number of nitro groups is 1. The molecule has 0 spiro atoms. The Morgan fingerprint density at radius 3 is 2.65 bits per heavy atom. The Morgan fingerprint density at radius 2 is 2.10 bits per heavy atom. The lowest BCUT2D eigenvalue weighted by molar-refractivity contribution is -0.384. The van der Waals surface area contributed by atoms with Gasteiger partial charge in [-0.3, -0.25) is 10.1 Å². The number of nitrogen functional groups attached to an aromatic ring is 1. The van der Waals surface area contributed by atoms with Gasteiger partial charge in [-0.05, 0) is 31.1 Å². The van der Waals surface area contributed by atoms with E-state index in [9.17, 15) is 10.1 Å². The van der Waals surface area contributed by atoms with Crippen LogP contribution in [0.15, 0.2) is 12.1 Å². The Kier molecular flexibility index (Phi) is 4.08. The van der Waals surface area contributed by atoms with Crippen LogP contribution in [-0.2, 0) is 0 Å². The molecule has 0 atom stereocenters. The van der Waals surface area contributed by atoms with E-state index in [0.717, 1.165) is 25.7 Å². The van der Waals surface area contributed by atoms with Crippen molar-refractivity contribution in [1.82, 2.24) is 4.98 Å². The lowest BCUT2D eigenvalue weighted by Crippen LogP contribution is -2.28. The number of nitrogens with one attached hydrogen (secondary N) is 1. The first-order valence-corrected chi connectivity index (χ1v) is 6.69. The van der Waals surface area contributed by atoms with Crippen LogP contribution < -0.4 is 16.0 Å². The molecule has 0 bridgehead atoms. The predicted octanol–water partition coefficient (Wildman–Crippen LogP) is 2.62. The number of rotatable bonds is 4. The molecule has 20 heavy (non-hydrogen) atoms. The minimum absolute atomic E-state index is 0.0585. The van der Waals surface area contributed by atoms with Gasteiger partial charge in [-0.15, -0.1) is 0 Å². The van der Waals surface area contributed by atoms with Gasteiger partial charge >= 0.3 is 0 Å². The van der Waals surface area contributed by atoms with E-state index >= 15 is 0 Å². The summed E-state index contributed by atoms with van der Waals surface area (Å²) >= 11 is 0. The molecule has 3 N–H and O–H groups in total. The van der Waals surface area contributed by atoms with Crippen LogP contribution in [0.4, 0.5) is 11.5 Å². The van der Waals surface area contributed by atoms with E-state index in [-0.39, 0.29) is 23.5 Å². The molecule has 2 rings (SSSR count). The van der Waals surface area contributed by atoms with Gasteiger partial charge in [0, 0.05) is 0 Å². The number of pyridine rings is 1. The molecule has 0 saturated heterocycles. The van der Waals surface area contributed by atoms with Crippen molar-refractivity contribution in [1.29, 1.82) is 0 Å². The van der Waals surface area contributed by atoms with Crippen LogP contribution >= 0.6 is 0 Å². The Balaban J connectivity index is 2.09. The Labute approximate surface area is 117 Å². The van der Waals surface area contributed by atoms with E-state index < -0.39 is 4.92 Å². The zero-order valence-corrected chi connectivity index (χ0v) is 11.8. The Bertz CT molecular complexity index is 494. The van der Waals surface area contributed by atoms with Gasteiger partial charge in [0.1, 0.15) is 6.10 Å². The fraction of sp³-hybridized carbons (Fsp3) is 0.615. The van der Waals surface area contributed by atoms with Gasteiger partial charge in [-0.1, -0.05) is 13.8 Å². The van der Waals surface area contributed by atoms with Gasteiger partial charge < -0.3 is 10.2 Å². The third-order valence-electron chi connectivity index (χ3n) is 3.72. The Hall–Kier alpha value is -1.89. The van der Waals surface area contributed by atoms with E-state index in [4.69, 9.17) is 10.6 Å². The van der Waals surface area contributed by atoms with Crippen LogP contribution in [0.3, 0.4) is 0 Å². The molecule has 0 aliphatic heterocycles. The van der Waals surface area contributed by atoms with Crippen LogP contribution in [0.1, 0.15) is 39.5 Å². The number of aromatic nitrogens is 1. The van der Waals surface area contributed by atoms with E-state index in [2.05, 4.69) is 24.3 Å². The molecular weight excluding hydrogens is 260 g/mol. The fourth-order valence-electron chi connectivity index (χ4n) is 2.39. The second kappa shape index (κ2) is 5.62. The van der Waals surface area contributed by atoms with Crippen molar-refractivity contribution in [2.24, 2.45) is 11.3 Å². The van der Waals surface area contributed by atoms with Crippen LogP contribution in [0.2, 0.25) is 0 Å². The summed E-state index contributed by atoms with van der Waals surface area (Å²) in [5.41, 5.74) is 2.58. The number of nitrogens with zero attached hydrogens (tertiary/aromatic N) is 2. The second-order valence-corrected chi connectivity index (χ2v) is 5.93. The second-order valence-electron chi connectivity index (χ2n) is 5.93. The molecule has 1 aliphatic rings. The summed E-state index contributed by atoms with van der Waals surface area (Å²) in [7, 11) is 0. The van der Waals surface area contributed by atoms with Gasteiger partial charge in [-0.25, -0.2) is 5.84 Å². The molecule has 0 radical (unpaired) electrons. The van der Waals surface area contributed by atoms with Crippen molar-refractivity contribution >= 4 is 11.5 Å². The molecule has 1 saturated carbocycles. The van der Waals surface area contributed by atoms with Gasteiger partial charge in [0.05, 0.1) is 17.1 Å². The predicted molar refractivity (Wildman–Crippen MR) is 75.4 cm³/mol. The Morgan fingerprint density at radius 1 is 1.45 bits per heavy atom. The molecule has 1 heterocycles. The third kappa shape index (κ3) is 3.57. The number of hydrazine groups is 1. The highest BCUT2D eigenvalue weighted by atomic mass is 16.6. The van der Waals surface area contributed by atoms with E-state index in [1.807, 2.05) is 0 Å². The number of nitrogens with two attached hydrogens (primary N) is 1. The van der Waals surface area contributed by atoms with Crippen molar-refractivity contribution in [2.75, 3.05) is 5.43 Å². The summed E-state index contributed by atoms with van der Waals surface area (Å²) in [6.45, 7) is 4.48. The molecule has 110 valence electrons. The molecule has 0 unspecified atom stereocenters. The summed E-state index contributed by atoms with van der Waals surface area (Å²) < 4.78 is 5.77. The monoisotopic (exact) mass is 280 g/mol. The number of anilines is 1. The summed E-state index contributed by atoms with van der Waals surface area (Å²) in [5, 5.41) is 10.9. The lowest BCUT2D eigenvalue weighted by atomic mass is 9.76. The van der Waals surface area contributed by atoms with Gasteiger partial charge in [0.15, 0.2) is 5.82 Å². The highest BCUT2D eigenvalue weighted by Gasteiger charge is 2.28. The topological polar surface area (TPSA) is 103 Å². The van der Waals surface area contributed by atoms with E-state index in [0.29, 0.717) is 5.41 Å². The first-order valence-electron chi connectivity index (χ1n) is 6.69. The number of ether oxygens (including phenoxy) is 1. The van der Waals surface area contributed by atoms with Crippen molar-refractivity contribution < 1.29 is 9.66 Å². The maximum absolute atomic E-state index is 10.9. The van der Waals surface area contributed by atoms with Gasteiger partial charge in [0.2, 0.25) is 5.88 Å². The van der Waals surface area contributed by atoms with Crippen LogP contribution in [0.25, 0.3) is 0 Å². The molecule has 0 aromatic carbocycles. The molecule has 1 aromatic heterocycles. The smallest absolute Gasteiger partial charge is 0.278 e. The molecule has 0 amide bonds. The lowest BCUT2D eigenvalue weighted by Gasteiger charge is -2.34. The zero-order chi connectivity index (χ0) is 14.8. The van der Waals surface area contributed by atoms with Crippen molar-refractivity contribution in [2.45, 2.75) is 45.6 Å². The van der Waals surface area contributed by atoms with Crippen LogP contribution in [0.5, 0.6) is 5.88 Å². The van der Waals surface area contributed by atoms with Crippen LogP contribution in [0, 0.1) is 15.5 Å². The van der Waals surface area contributed by atoms with Crippen molar-refractivity contribution in [3.63, 3.8) is 0 Å². The molecule has 7 heteroatoms. The fourth-order valence-corrected chi connectivity index (χ4v) is 2.39. The molecular formula is C13H20N4O3. The average Bonchev–Trinajstić information content (AvgIpc) is 2.41. The van der Waals surface area contributed by atoms with Crippen molar-refractivity contribution in [3.05, 3.63) is 22.2 Å². The first kappa shape index (κ1) is 14.5. The average molecular weight is 280 g/mol. The summed E-state index contributed by atoms with van der Waals surface area (Å²) in [6.07, 6.45) is 4.08. The third-order valence-corrected chi connectivity index (χ3v) is 3.72. The quantitative estimate of drug-likeness (QED) is 0.499. The number of hydrogen-bond donors (Lipinski definition) is 2. The standard InChI is InChI=1S/C13H20N4O3/c1-13(2)5-3-10(4-6-13)20-12-8-9(17(18)19)7-11(15-12)16-14/h7-8,10H,3-6,14H2,1-2H3,(H,15,16). The summed E-state index contributed by atoms with van der Waals surface area (Å²) in [5.74, 6) is 5.74. The highest BCUT2D eigenvalue weighted by molar-refractivity contribution is 5.47. The maximum Gasteiger partial charge on any atom is 0.278 e. The molecule has 1 aliphatic carbocycles. The van der Waals surface area contributed by atoms with Gasteiger partial charge in [-0.2, -0.15) is 4.98 Å². The van der Waals surface area contributed by atoms with Crippen molar-refractivity contribution in [3.8, 4) is 5.88 Å². The largest absolute Gasteiger partial charge is 0.474 e. The molecule has 7 nitrogen and oxygen atoms in total. The summed E-state index contributed by atoms with van der Waals surface area (Å²) in [4.78, 5) is 14.5.